The minimum Gasteiger partial charge on any atom is -0.478 e. The molecule has 2 heterocycles. The Morgan fingerprint density at radius 2 is 1.90 bits per heavy atom. The number of nitrogens with two attached hydrogens (primary N) is 1. The van der Waals surface area contributed by atoms with E-state index < -0.39 is 0 Å². The average Bonchev–Trinajstić information content (AvgIpc) is 2.65. The zero-order valence-electron chi connectivity index (χ0n) is 17.1. The van der Waals surface area contributed by atoms with Crippen molar-refractivity contribution in [2.45, 2.75) is 32.1 Å². The van der Waals surface area contributed by atoms with Gasteiger partial charge in [0.1, 0.15) is 5.52 Å². The van der Waals surface area contributed by atoms with Crippen LogP contribution >= 0.6 is 48.0 Å². The maximum atomic E-state index is 6.34. The number of hydrogen-bond acceptors (Lipinski definition) is 5. The number of anilines is 1. The molecule has 2 N–H and O–H groups in total. The van der Waals surface area contributed by atoms with E-state index in [0.29, 0.717) is 37.1 Å². The lowest BCUT2D eigenvalue weighted by Crippen LogP contribution is -2.34. The maximum absolute atomic E-state index is 6.34. The number of benzene rings is 1. The monoisotopic (exact) mass is 492 g/mol. The summed E-state index contributed by atoms with van der Waals surface area (Å²) in [4.78, 5) is 11.7. The highest BCUT2D eigenvalue weighted by atomic mass is 35.5. The van der Waals surface area contributed by atoms with Gasteiger partial charge in [0.05, 0.1) is 23.3 Å². The van der Waals surface area contributed by atoms with Crippen LogP contribution in [0.5, 0.6) is 5.88 Å². The third-order valence-electron chi connectivity index (χ3n) is 4.46. The minimum absolute atomic E-state index is 0. The third-order valence-corrected chi connectivity index (χ3v) is 4.84. The Hall–Kier alpha value is -1.24. The molecule has 5 nitrogen and oxygen atoms in total. The molecule has 0 fully saturated rings. The Balaban J connectivity index is 0.00000225. The van der Waals surface area contributed by atoms with Crippen molar-refractivity contribution < 1.29 is 4.74 Å². The highest BCUT2D eigenvalue weighted by molar-refractivity contribution is 6.31. The molecule has 1 aromatic carbocycles. The first-order chi connectivity index (χ1) is 13.5. The summed E-state index contributed by atoms with van der Waals surface area (Å²) < 4.78 is 5.83. The van der Waals surface area contributed by atoms with Gasteiger partial charge >= 0.3 is 0 Å². The summed E-state index contributed by atoms with van der Waals surface area (Å²) in [7, 11) is 0. The fourth-order valence-electron chi connectivity index (χ4n) is 3.23. The van der Waals surface area contributed by atoms with Gasteiger partial charge in [0.2, 0.25) is 5.88 Å². The molecule has 0 amide bonds. The van der Waals surface area contributed by atoms with E-state index in [1.807, 2.05) is 37.3 Å². The number of pyridine rings is 2. The first kappa shape index (κ1) is 26.8. The van der Waals surface area contributed by atoms with Crippen LogP contribution in [0.1, 0.15) is 26.7 Å². The topological polar surface area (TPSA) is 64.3 Å². The predicted octanol–water partition coefficient (Wildman–Crippen LogP) is 5.85. The van der Waals surface area contributed by atoms with Crippen molar-refractivity contribution in [3.63, 3.8) is 0 Å². The van der Waals surface area contributed by atoms with Gasteiger partial charge < -0.3 is 15.4 Å². The van der Waals surface area contributed by atoms with Gasteiger partial charge in [-0.2, -0.15) is 0 Å². The molecule has 0 radical (unpaired) electrons. The number of hydrogen-bond donors (Lipinski definition) is 1. The van der Waals surface area contributed by atoms with Gasteiger partial charge in [-0.3, -0.25) is 0 Å². The van der Waals surface area contributed by atoms with Gasteiger partial charge in [0.15, 0.2) is 0 Å². The highest BCUT2D eigenvalue weighted by Gasteiger charge is 2.19. The van der Waals surface area contributed by atoms with E-state index in [4.69, 9.17) is 43.6 Å². The molecule has 3 aromatic rings. The van der Waals surface area contributed by atoms with Crippen molar-refractivity contribution in [3.8, 4) is 5.88 Å². The molecule has 0 saturated heterocycles. The average molecular weight is 494 g/mol. The Kier molecular flexibility index (Phi) is 11.2. The molecule has 1 atom stereocenters. The Morgan fingerprint density at radius 3 is 2.57 bits per heavy atom. The van der Waals surface area contributed by atoms with E-state index in [1.54, 1.807) is 0 Å². The van der Waals surface area contributed by atoms with Gasteiger partial charge in [-0.25, -0.2) is 9.97 Å². The molecule has 0 spiro atoms. The van der Waals surface area contributed by atoms with Crippen molar-refractivity contribution in [2.75, 3.05) is 31.1 Å². The number of rotatable bonds is 9. The normalized spacial score (nSPS) is 11.6. The second kappa shape index (κ2) is 12.6. The summed E-state index contributed by atoms with van der Waals surface area (Å²) in [5, 5.41) is 1.58. The molecule has 2 aromatic heterocycles. The zero-order chi connectivity index (χ0) is 20.1. The van der Waals surface area contributed by atoms with Gasteiger partial charge in [-0.05, 0) is 37.6 Å². The van der Waals surface area contributed by atoms with E-state index >= 15 is 0 Å². The largest absolute Gasteiger partial charge is 0.478 e. The maximum Gasteiger partial charge on any atom is 0.213 e. The van der Waals surface area contributed by atoms with Crippen LogP contribution in [0.3, 0.4) is 0 Å². The third kappa shape index (κ3) is 6.38. The first-order valence-corrected chi connectivity index (χ1v) is 10.5. The lowest BCUT2D eigenvalue weighted by Gasteiger charge is -2.27. The van der Waals surface area contributed by atoms with Crippen LogP contribution in [0.25, 0.3) is 21.9 Å². The second-order valence-corrected chi connectivity index (χ2v) is 8.04. The van der Waals surface area contributed by atoms with Gasteiger partial charge in [0, 0.05) is 41.5 Å². The summed E-state index contributed by atoms with van der Waals surface area (Å²) in [5.74, 6) is 0.601. The van der Waals surface area contributed by atoms with Crippen molar-refractivity contribution in [2.24, 2.45) is 5.73 Å². The molecular formula is C21H28Cl4N4O. The summed E-state index contributed by atoms with van der Waals surface area (Å²) >= 11 is 12.6. The number of ether oxygens (including phenoxy) is 1. The molecule has 30 heavy (non-hydrogen) atoms. The smallest absolute Gasteiger partial charge is 0.213 e. The fourth-order valence-corrected chi connectivity index (χ4v) is 3.56. The summed E-state index contributed by atoms with van der Waals surface area (Å²) in [6.07, 6.45) is 2.06. The van der Waals surface area contributed by atoms with Crippen molar-refractivity contribution >= 4 is 75.6 Å². The van der Waals surface area contributed by atoms with Crippen LogP contribution in [0, 0.1) is 0 Å². The zero-order valence-corrected chi connectivity index (χ0v) is 20.3. The number of halogens is 4. The number of aromatic nitrogens is 2. The number of nitrogens with zero attached hydrogens (tertiary/aromatic N) is 3. The number of alkyl halides is 1. The molecule has 166 valence electrons. The van der Waals surface area contributed by atoms with E-state index in [2.05, 4.69) is 11.8 Å². The van der Waals surface area contributed by atoms with Crippen molar-refractivity contribution in [1.29, 1.82) is 0 Å². The summed E-state index contributed by atoms with van der Waals surface area (Å²) in [6.45, 7) is 6.57. The highest BCUT2D eigenvalue weighted by Crippen LogP contribution is 2.35. The van der Waals surface area contributed by atoms with E-state index in [0.717, 1.165) is 40.5 Å². The van der Waals surface area contributed by atoms with E-state index in [-0.39, 0.29) is 30.2 Å². The Labute approximate surface area is 200 Å². The molecule has 9 heteroatoms. The standard InChI is InChI=1S/C21H26Cl2N4O.2ClH/c1-3-4-11-28-19-8-7-17-20(26-19)21(27(10-9-24)13-14(2)22)16-6-5-15(23)12-18(16)25-17;;/h5-8,12,14H,3-4,9-11,13,24H2,1-2H3;2*1H. The lowest BCUT2D eigenvalue weighted by atomic mass is 10.1. The van der Waals surface area contributed by atoms with Gasteiger partial charge in [-0.1, -0.05) is 24.9 Å². The quantitative estimate of drug-likeness (QED) is 0.230. The van der Waals surface area contributed by atoms with E-state index in [9.17, 15) is 0 Å². The van der Waals surface area contributed by atoms with E-state index in [1.165, 1.54) is 0 Å². The predicted molar refractivity (Wildman–Crippen MR) is 134 cm³/mol. The minimum atomic E-state index is -0.0406. The molecule has 1 unspecified atom stereocenters. The summed E-state index contributed by atoms with van der Waals surface area (Å²) in [5.41, 5.74) is 9.26. The molecule has 3 rings (SSSR count). The van der Waals surface area contributed by atoms with Crippen LogP contribution in [0.4, 0.5) is 5.69 Å². The fraction of sp³-hybridized carbons (Fsp3) is 0.429. The van der Waals surface area contributed by atoms with Crippen LogP contribution in [0.15, 0.2) is 30.3 Å². The van der Waals surface area contributed by atoms with Crippen LogP contribution < -0.4 is 15.4 Å². The number of fused-ring (bicyclic) bond motifs is 2. The first-order valence-electron chi connectivity index (χ1n) is 9.65. The van der Waals surface area contributed by atoms with Crippen LogP contribution in [-0.4, -0.2) is 41.6 Å². The van der Waals surface area contributed by atoms with Crippen molar-refractivity contribution in [1.82, 2.24) is 9.97 Å². The molecular weight excluding hydrogens is 466 g/mol. The molecule has 0 aliphatic rings. The second-order valence-electron chi connectivity index (χ2n) is 6.86. The van der Waals surface area contributed by atoms with Gasteiger partial charge in [0.25, 0.3) is 0 Å². The molecule has 0 aliphatic carbocycles. The SMILES string of the molecule is CCCCOc1ccc2nc3cc(Cl)ccc3c(N(CCN)CC(C)Cl)c2n1.Cl.Cl. The molecule has 0 saturated carbocycles. The number of unbranched alkanes of at least 4 members (excludes halogenated alkanes) is 1. The van der Waals surface area contributed by atoms with Crippen LogP contribution in [0.2, 0.25) is 5.02 Å². The lowest BCUT2D eigenvalue weighted by molar-refractivity contribution is 0.299. The van der Waals surface area contributed by atoms with Crippen LogP contribution in [-0.2, 0) is 0 Å². The van der Waals surface area contributed by atoms with Gasteiger partial charge in [-0.15, -0.1) is 36.4 Å². The molecule has 0 bridgehead atoms. The van der Waals surface area contributed by atoms with Crippen molar-refractivity contribution in [3.05, 3.63) is 35.4 Å². The molecule has 0 aliphatic heterocycles. The Bertz CT molecular complexity index is 955. The summed E-state index contributed by atoms with van der Waals surface area (Å²) in [6, 6.07) is 9.53. The Morgan fingerprint density at radius 1 is 1.13 bits per heavy atom.